The third kappa shape index (κ3) is 4.00. The highest BCUT2D eigenvalue weighted by molar-refractivity contribution is 5.38. The van der Waals surface area contributed by atoms with Crippen LogP contribution >= 0.6 is 0 Å². The maximum absolute atomic E-state index is 9.66. The first-order valence-electron chi connectivity index (χ1n) is 6.59. The molecule has 1 atom stereocenters. The van der Waals surface area contributed by atoms with Crippen LogP contribution in [-0.2, 0) is 6.54 Å². The minimum absolute atomic E-state index is 0.441. The summed E-state index contributed by atoms with van der Waals surface area (Å²) in [6.45, 7) is 9.59. The lowest BCUT2D eigenvalue weighted by Gasteiger charge is -2.23. The molecular weight excluding hydrogens is 226 g/mol. The molecule has 0 aromatic heterocycles. The van der Waals surface area contributed by atoms with E-state index in [-0.39, 0.29) is 0 Å². The molecule has 1 aromatic rings. The summed E-state index contributed by atoms with van der Waals surface area (Å²) in [7, 11) is 2.09. The average Bonchev–Trinajstić information content (AvgIpc) is 2.31. The van der Waals surface area contributed by atoms with Gasteiger partial charge in [0.05, 0.1) is 12.7 Å². The van der Waals surface area contributed by atoms with E-state index in [2.05, 4.69) is 25.8 Å². The first kappa shape index (κ1) is 15.0. The number of rotatable bonds is 6. The molecule has 1 aromatic carbocycles. The van der Waals surface area contributed by atoms with Gasteiger partial charge in [-0.2, -0.15) is 0 Å². The number of ether oxygens (including phenoxy) is 1. The number of aliphatic hydroxyl groups is 1. The van der Waals surface area contributed by atoms with E-state index in [1.807, 2.05) is 25.1 Å². The maximum Gasteiger partial charge on any atom is 0.123 e. The molecular formula is C15H25NO2. The van der Waals surface area contributed by atoms with E-state index in [4.69, 9.17) is 4.74 Å². The first-order chi connectivity index (χ1) is 8.45. The van der Waals surface area contributed by atoms with Gasteiger partial charge in [-0.3, -0.25) is 4.90 Å². The summed E-state index contributed by atoms with van der Waals surface area (Å²) in [5.41, 5.74) is 2.07. The SMILES string of the molecule is CCOc1ccc(C(C)O)cc1CN(C)C(C)C. The van der Waals surface area contributed by atoms with Crippen LogP contribution in [0, 0.1) is 0 Å². The fourth-order valence-electron chi connectivity index (χ4n) is 1.73. The van der Waals surface area contributed by atoms with Crippen molar-refractivity contribution < 1.29 is 9.84 Å². The van der Waals surface area contributed by atoms with Crippen LogP contribution in [0.5, 0.6) is 5.75 Å². The zero-order valence-electron chi connectivity index (χ0n) is 12.1. The molecule has 102 valence electrons. The van der Waals surface area contributed by atoms with Gasteiger partial charge in [-0.05, 0) is 52.4 Å². The van der Waals surface area contributed by atoms with E-state index in [0.29, 0.717) is 12.6 Å². The van der Waals surface area contributed by atoms with Crippen LogP contribution < -0.4 is 4.74 Å². The fourth-order valence-corrected chi connectivity index (χ4v) is 1.73. The van der Waals surface area contributed by atoms with Gasteiger partial charge in [0.15, 0.2) is 0 Å². The molecule has 0 amide bonds. The van der Waals surface area contributed by atoms with E-state index in [1.165, 1.54) is 0 Å². The Balaban J connectivity index is 2.99. The van der Waals surface area contributed by atoms with Gasteiger partial charge in [0, 0.05) is 18.2 Å². The number of aliphatic hydroxyl groups excluding tert-OH is 1. The van der Waals surface area contributed by atoms with Crippen molar-refractivity contribution in [3.8, 4) is 5.75 Å². The highest BCUT2D eigenvalue weighted by Crippen LogP contribution is 2.25. The highest BCUT2D eigenvalue weighted by Gasteiger charge is 2.11. The van der Waals surface area contributed by atoms with Crippen molar-refractivity contribution in [1.29, 1.82) is 0 Å². The Morgan fingerprint density at radius 2 is 1.94 bits per heavy atom. The van der Waals surface area contributed by atoms with Gasteiger partial charge in [0.25, 0.3) is 0 Å². The number of hydrogen-bond donors (Lipinski definition) is 1. The summed E-state index contributed by atoms with van der Waals surface area (Å²) >= 11 is 0. The van der Waals surface area contributed by atoms with Crippen molar-refractivity contribution in [2.45, 2.75) is 46.4 Å². The minimum Gasteiger partial charge on any atom is -0.494 e. The minimum atomic E-state index is -0.441. The smallest absolute Gasteiger partial charge is 0.123 e. The average molecular weight is 251 g/mol. The van der Waals surface area contributed by atoms with E-state index < -0.39 is 6.10 Å². The van der Waals surface area contributed by atoms with Crippen molar-refractivity contribution in [2.24, 2.45) is 0 Å². The molecule has 3 heteroatoms. The second kappa shape index (κ2) is 6.76. The predicted molar refractivity (Wildman–Crippen MR) is 74.8 cm³/mol. The van der Waals surface area contributed by atoms with Crippen LogP contribution in [0.2, 0.25) is 0 Å². The fraction of sp³-hybridized carbons (Fsp3) is 0.600. The van der Waals surface area contributed by atoms with Crippen molar-refractivity contribution in [3.63, 3.8) is 0 Å². The molecule has 1 rings (SSSR count). The van der Waals surface area contributed by atoms with Crippen molar-refractivity contribution in [1.82, 2.24) is 4.90 Å². The van der Waals surface area contributed by atoms with Crippen molar-refractivity contribution in [2.75, 3.05) is 13.7 Å². The summed E-state index contributed by atoms with van der Waals surface area (Å²) in [4.78, 5) is 2.25. The lowest BCUT2D eigenvalue weighted by atomic mass is 10.1. The Morgan fingerprint density at radius 1 is 1.28 bits per heavy atom. The summed E-state index contributed by atoms with van der Waals surface area (Å²) in [6, 6.07) is 6.40. The van der Waals surface area contributed by atoms with E-state index in [0.717, 1.165) is 23.4 Å². The molecule has 3 nitrogen and oxygen atoms in total. The van der Waals surface area contributed by atoms with Gasteiger partial charge in [0.1, 0.15) is 5.75 Å². The summed E-state index contributed by atoms with van der Waals surface area (Å²) in [6.07, 6.45) is -0.441. The maximum atomic E-state index is 9.66. The third-order valence-electron chi connectivity index (χ3n) is 3.17. The lowest BCUT2D eigenvalue weighted by Crippen LogP contribution is -2.26. The molecule has 0 bridgehead atoms. The van der Waals surface area contributed by atoms with Gasteiger partial charge in [-0.1, -0.05) is 6.07 Å². The zero-order valence-corrected chi connectivity index (χ0v) is 12.1. The quantitative estimate of drug-likeness (QED) is 0.843. The van der Waals surface area contributed by atoms with Gasteiger partial charge >= 0.3 is 0 Å². The molecule has 0 saturated heterocycles. The van der Waals surface area contributed by atoms with Crippen molar-refractivity contribution in [3.05, 3.63) is 29.3 Å². The summed E-state index contributed by atoms with van der Waals surface area (Å²) < 4.78 is 5.64. The van der Waals surface area contributed by atoms with Gasteiger partial charge in [-0.15, -0.1) is 0 Å². The molecule has 1 unspecified atom stereocenters. The van der Waals surface area contributed by atoms with Gasteiger partial charge in [-0.25, -0.2) is 0 Å². The van der Waals surface area contributed by atoms with Crippen LogP contribution in [0.15, 0.2) is 18.2 Å². The molecule has 0 aliphatic rings. The molecule has 0 radical (unpaired) electrons. The van der Waals surface area contributed by atoms with Crippen LogP contribution in [0.3, 0.4) is 0 Å². The topological polar surface area (TPSA) is 32.7 Å². The second-order valence-corrected chi connectivity index (χ2v) is 4.99. The Labute approximate surface area is 110 Å². The Morgan fingerprint density at radius 3 is 2.44 bits per heavy atom. The molecule has 0 saturated carbocycles. The highest BCUT2D eigenvalue weighted by atomic mass is 16.5. The third-order valence-corrected chi connectivity index (χ3v) is 3.17. The van der Waals surface area contributed by atoms with Crippen LogP contribution in [-0.4, -0.2) is 29.7 Å². The molecule has 0 aliphatic carbocycles. The van der Waals surface area contributed by atoms with E-state index in [1.54, 1.807) is 6.92 Å². The molecule has 0 heterocycles. The lowest BCUT2D eigenvalue weighted by molar-refractivity contribution is 0.198. The molecule has 0 spiro atoms. The molecule has 18 heavy (non-hydrogen) atoms. The standard InChI is InChI=1S/C15H25NO2/c1-6-18-15-8-7-13(12(4)17)9-14(15)10-16(5)11(2)3/h7-9,11-12,17H,6,10H2,1-5H3. The number of hydrogen-bond acceptors (Lipinski definition) is 3. The van der Waals surface area contributed by atoms with Gasteiger partial charge < -0.3 is 9.84 Å². The molecule has 1 N–H and O–H groups in total. The predicted octanol–water partition coefficient (Wildman–Crippen LogP) is 2.98. The van der Waals surface area contributed by atoms with Gasteiger partial charge in [0.2, 0.25) is 0 Å². The Bertz CT molecular complexity index is 375. The van der Waals surface area contributed by atoms with Crippen LogP contribution in [0.1, 0.15) is 44.9 Å². The van der Waals surface area contributed by atoms with Crippen LogP contribution in [0.25, 0.3) is 0 Å². The molecule has 0 aliphatic heterocycles. The van der Waals surface area contributed by atoms with Crippen LogP contribution in [0.4, 0.5) is 0 Å². The largest absolute Gasteiger partial charge is 0.494 e. The van der Waals surface area contributed by atoms with E-state index >= 15 is 0 Å². The van der Waals surface area contributed by atoms with Crippen molar-refractivity contribution >= 4 is 0 Å². The summed E-state index contributed by atoms with van der Waals surface area (Å²) in [5.74, 6) is 0.911. The first-order valence-corrected chi connectivity index (χ1v) is 6.59. The number of benzene rings is 1. The zero-order chi connectivity index (χ0) is 13.7. The second-order valence-electron chi connectivity index (χ2n) is 4.99. The number of nitrogens with zero attached hydrogens (tertiary/aromatic N) is 1. The summed E-state index contributed by atoms with van der Waals surface area (Å²) in [5, 5.41) is 9.66. The monoisotopic (exact) mass is 251 g/mol. The Kier molecular flexibility index (Phi) is 5.63. The Hall–Kier alpha value is -1.06. The van der Waals surface area contributed by atoms with E-state index in [9.17, 15) is 5.11 Å². The molecule has 0 fully saturated rings. The normalized spacial score (nSPS) is 13.1.